The summed E-state index contributed by atoms with van der Waals surface area (Å²) in [7, 11) is 1.54. The number of ether oxygens (including phenoxy) is 1. The number of hydrogen-bond donors (Lipinski definition) is 1. The Morgan fingerprint density at radius 2 is 1.94 bits per heavy atom. The van der Waals surface area contributed by atoms with Gasteiger partial charge in [-0.3, -0.25) is 0 Å². The molecule has 0 bridgehead atoms. The zero-order chi connectivity index (χ0) is 12.2. The molecular weight excluding hydrogens is 219 g/mol. The van der Waals surface area contributed by atoms with Gasteiger partial charge >= 0.3 is 6.18 Å². The van der Waals surface area contributed by atoms with E-state index in [1.807, 2.05) is 0 Å². The number of nitrogens with one attached hydrogen (secondary N) is 1. The van der Waals surface area contributed by atoms with E-state index in [1.54, 1.807) is 20.1 Å². The Labute approximate surface area is 92.4 Å². The Kier molecular flexibility index (Phi) is 4.18. The number of anilines is 1. The maximum atomic E-state index is 12.5. The Bertz CT molecular complexity index is 350. The number of rotatable bonds is 4. The predicted molar refractivity (Wildman–Crippen MR) is 56.5 cm³/mol. The molecule has 0 aliphatic carbocycles. The van der Waals surface area contributed by atoms with Crippen molar-refractivity contribution in [2.45, 2.75) is 13.1 Å². The van der Waals surface area contributed by atoms with Crippen LogP contribution in [0.5, 0.6) is 0 Å². The summed E-state index contributed by atoms with van der Waals surface area (Å²) in [5, 5.41) is 2.87. The molecule has 0 heterocycles. The fraction of sp³-hybridized carbons (Fsp3) is 0.455. The molecule has 1 aromatic carbocycles. The summed E-state index contributed by atoms with van der Waals surface area (Å²) in [6.45, 7) is 2.57. The van der Waals surface area contributed by atoms with Crippen LogP contribution < -0.4 is 5.32 Å². The summed E-state index contributed by atoms with van der Waals surface area (Å²) in [4.78, 5) is 0. The van der Waals surface area contributed by atoms with Crippen LogP contribution in [-0.4, -0.2) is 20.3 Å². The van der Waals surface area contributed by atoms with Crippen LogP contribution in [0.1, 0.15) is 11.1 Å². The number of aryl methyl sites for hydroxylation is 1. The van der Waals surface area contributed by atoms with Crippen LogP contribution in [0.15, 0.2) is 18.2 Å². The van der Waals surface area contributed by atoms with Gasteiger partial charge in [-0.15, -0.1) is 0 Å². The highest BCUT2D eigenvalue weighted by molar-refractivity contribution is 5.49. The minimum absolute atomic E-state index is 0.454. The van der Waals surface area contributed by atoms with Gasteiger partial charge in [-0.2, -0.15) is 13.2 Å². The fourth-order valence-electron chi connectivity index (χ4n) is 1.35. The largest absolute Gasteiger partial charge is 0.416 e. The van der Waals surface area contributed by atoms with Gasteiger partial charge in [0.2, 0.25) is 0 Å². The van der Waals surface area contributed by atoms with Crippen molar-refractivity contribution in [3.05, 3.63) is 29.3 Å². The van der Waals surface area contributed by atoms with Gasteiger partial charge in [0.1, 0.15) is 0 Å². The normalized spacial score (nSPS) is 11.6. The number of hydrogen-bond acceptors (Lipinski definition) is 2. The predicted octanol–water partition coefficient (Wildman–Crippen LogP) is 3.07. The van der Waals surface area contributed by atoms with E-state index < -0.39 is 11.7 Å². The molecule has 1 aromatic rings. The van der Waals surface area contributed by atoms with Crippen LogP contribution in [0.2, 0.25) is 0 Å². The SMILES string of the molecule is COCCNc1cc(C)cc(C(F)(F)F)c1. The molecule has 0 atom stereocenters. The Morgan fingerprint density at radius 1 is 1.25 bits per heavy atom. The van der Waals surface area contributed by atoms with E-state index in [0.29, 0.717) is 24.4 Å². The molecule has 0 saturated carbocycles. The first-order valence-corrected chi connectivity index (χ1v) is 4.85. The van der Waals surface area contributed by atoms with Gasteiger partial charge in [0.25, 0.3) is 0 Å². The number of alkyl halides is 3. The minimum Gasteiger partial charge on any atom is -0.383 e. The Balaban J connectivity index is 2.82. The molecule has 1 N–H and O–H groups in total. The number of halogens is 3. The van der Waals surface area contributed by atoms with Gasteiger partial charge in [0, 0.05) is 19.3 Å². The lowest BCUT2D eigenvalue weighted by Gasteiger charge is -2.12. The second kappa shape index (κ2) is 5.21. The lowest BCUT2D eigenvalue weighted by atomic mass is 10.1. The molecular formula is C11H14F3NO. The second-order valence-electron chi connectivity index (χ2n) is 3.51. The Morgan fingerprint density at radius 3 is 2.50 bits per heavy atom. The third kappa shape index (κ3) is 3.73. The van der Waals surface area contributed by atoms with Gasteiger partial charge in [-0.25, -0.2) is 0 Å². The number of methoxy groups -OCH3 is 1. The van der Waals surface area contributed by atoms with Gasteiger partial charge in [-0.05, 0) is 30.7 Å². The fourth-order valence-corrected chi connectivity index (χ4v) is 1.35. The molecule has 5 heteroatoms. The van der Waals surface area contributed by atoms with Crippen molar-refractivity contribution in [1.29, 1.82) is 0 Å². The summed E-state index contributed by atoms with van der Waals surface area (Å²) in [5.74, 6) is 0. The molecule has 0 unspecified atom stereocenters. The van der Waals surface area contributed by atoms with Crippen LogP contribution >= 0.6 is 0 Å². The highest BCUT2D eigenvalue weighted by Crippen LogP contribution is 2.31. The molecule has 0 aliphatic heterocycles. The van der Waals surface area contributed by atoms with E-state index in [9.17, 15) is 13.2 Å². The summed E-state index contributed by atoms with van der Waals surface area (Å²) in [6, 6.07) is 3.90. The van der Waals surface area contributed by atoms with Crippen molar-refractivity contribution < 1.29 is 17.9 Å². The quantitative estimate of drug-likeness (QED) is 0.807. The van der Waals surface area contributed by atoms with E-state index in [4.69, 9.17) is 4.74 Å². The van der Waals surface area contributed by atoms with Crippen molar-refractivity contribution >= 4 is 5.69 Å². The first-order chi connectivity index (χ1) is 7.43. The summed E-state index contributed by atoms with van der Waals surface area (Å²) < 4.78 is 42.3. The lowest BCUT2D eigenvalue weighted by molar-refractivity contribution is -0.137. The highest BCUT2D eigenvalue weighted by Gasteiger charge is 2.30. The molecule has 2 nitrogen and oxygen atoms in total. The minimum atomic E-state index is -4.30. The van der Waals surface area contributed by atoms with E-state index in [2.05, 4.69) is 5.32 Å². The smallest absolute Gasteiger partial charge is 0.383 e. The average molecular weight is 233 g/mol. The summed E-state index contributed by atoms with van der Waals surface area (Å²) >= 11 is 0. The van der Waals surface area contributed by atoms with Crippen molar-refractivity contribution in [3.63, 3.8) is 0 Å². The van der Waals surface area contributed by atoms with Gasteiger partial charge in [-0.1, -0.05) is 0 Å². The van der Waals surface area contributed by atoms with Crippen molar-refractivity contribution in [2.75, 3.05) is 25.6 Å². The van der Waals surface area contributed by atoms with Crippen molar-refractivity contribution in [2.24, 2.45) is 0 Å². The van der Waals surface area contributed by atoms with E-state index in [-0.39, 0.29) is 0 Å². The van der Waals surface area contributed by atoms with E-state index in [0.717, 1.165) is 12.1 Å². The molecule has 0 spiro atoms. The molecule has 0 amide bonds. The Hall–Kier alpha value is -1.23. The van der Waals surface area contributed by atoms with Crippen LogP contribution in [0.3, 0.4) is 0 Å². The first-order valence-electron chi connectivity index (χ1n) is 4.85. The molecule has 0 saturated heterocycles. The summed E-state index contributed by atoms with van der Waals surface area (Å²) in [5.41, 5.74) is 0.409. The second-order valence-corrected chi connectivity index (χ2v) is 3.51. The molecule has 0 fully saturated rings. The zero-order valence-electron chi connectivity index (χ0n) is 9.19. The first kappa shape index (κ1) is 12.8. The lowest BCUT2D eigenvalue weighted by Crippen LogP contribution is -2.10. The monoisotopic (exact) mass is 233 g/mol. The van der Waals surface area contributed by atoms with Gasteiger partial charge < -0.3 is 10.1 Å². The molecule has 1 rings (SSSR count). The van der Waals surface area contributed by atoms with Crippen LogP contribution in [0.25, 0.3) is 0 Å². The van der Waals surface area contributed by atoms with Crippen molar-refractivity contribution in [3.8, 4) is 0 Å². The maximum absolute atomic E-state index is 12.5. The zero-order valence-corrected chi connectivity index (χ0v) is 9.19. The van der Waals surface area contributed by atoms with Crippen LogP contribution in [0, 0.1) is 6.92 Å². The number of benzene rings is 1. The van der Waals surface area contributed by atoms with Crippen molar-refractivity contribution in [1.82, 2.24) is 0 Å². The van der Waals surface area contributed by atoms with Gasteiger partial charge in [0.05, 0.1) is 12.2 Å². The standard InChI is InChI=1S/C11H14F3NO/c1-8-5-9(11(12,13)14)7-10(6-8)15-3-4-16-2/h5-7,15H,3-4H2,1-2H3. The third-order valence-electron chi connectivity index (χ3n) is 2.04. The van der Waals surface area contributed by atoms with Crippen LogP contribution in [0.4, 0.5) is 18.9 Å². The molecule has 0 aromatic heterocycles. The van der Waals surface area contributed by atoms with Crippen LogP contribution in [-0.2, 0) is 10.9 Å². The highest BCUT2D eigenvalue weighted by atomic mass is 19.4. The molecule has 16 heavy (non-hydrogen) atoms. The summed E-state index contributed by atoms with van der Waals surface area (Å²) in [6.07, 6.45) is -4.30. The third-order valence-corrected chi connectivity index (χ3v) is 2.04. The van der Waals surface area contributed by atoms with E-state index >= 15 is 0 Å². The molecule has 0 aliphatic rings. The average Bonchev–Trinajstić information content (AvgIpc) is 2.16. The topological polar surface area (TPSA) is 21.3 Å². The maximum Gasteiger partial charge on any atom is 0.416 e. The molecule has 90 valence electrons. The van der Waals surface area contributed by atoms with E-state index in [1.165, 1.54) is 0 Å². The molecule has 0 radical (unpaired) electrons. The van der Waals surface area contributed by atoms with Gasteiger partial charge in [0.15, 0.2) is 0 Å².